The highest BCUT2D eigenvalue weighted by molar-refractivity contribution is 5.84. The summed E-state index contributed by atoms with van der Waals surface area (Å²) >= 11 is 0. The summed E-state index contributed by atoms with van der Waals surface area (Å²) in [6, 6.07) is 0. The third kappa shape index (κ3) is 8.45. The average Bonchev–Trinajstić information content (AvgIpc) is 2.82. The van der Waals surface area contributed by atoms with Crippen LogP contribution in [0.5, 0.6) is 0 Å². The van der Waals surface area contributed by atoms with Gasteiger partial charge in [0.25, 0.3) is 0 Å². The van der Waals surface area contributed by atoms with Gasteiger partial charge < -0.3 is 15.3 Å². The second-order valence-electron chi connectivity index (χ2n) is 6.86. The molecular formula is C20H32O5. The van der Waals surface area contributed by atoms with Gasteiger partial charge in [0.2, 0.25) is 0 Å². The average molecular weight is 352 g/mol. The van der Waals surface area contributed by atoms with Crippen LogP contribution in [0.3, 0.4) is 0 Å². The second-order valence-corrected chi connectivity index (χ2v) is 6.86. The minimum Gasteiger partial charge on any atom is -0.481 e. The number of carboxylic acid groups (broad SMARTS) is 1. The van der Waals surface area contributed by atoms with E-state index in [1.165, 1.54) is 0 Å². The number of hydrogen-bond acceptors (Lipinski definition) is 4. The Morgan fingerprint density at radius 2 is 2.04 bits per heavy atom. The van der Waals surface area contributed by atoms with Crippen molar-refractivity contribution in [2.45, 2.75) is 76.9 Å². The van der Waals surface area contributed by atoms with E-state index >= 15 is 0 Å². The largest absolute Gasteiger partial charge is 0.481 e. The number of carboxylic acids is 1. The molecule has 5 nitrogen and oxygen atoms in total. The van der Waals surface area contributed by atoms with Crippen LogP contribution in [-0.4, -0.2) is 39.3 Å². The maximum absolute atomic E-state index is 12.1. The first kappa shape index (κ1) is 21.6. The van der Waals surface area contributed by atoms with Crippen molar-refractivity contribution in [1.29, 1.82) is 0 Å². The van der Waals surface area contributed by atoms with Gasteiger partial charge in [-0.3, -0.25) is 9.59 Å². The molecule has 142 valence electrons. The maximum Gasteiger partial charge on any atom is 0.303 e. The lowest BCUT2D eigenvalue weighted by atomic mass is 9.90. The third-order valence-electron chi connectivity index (χ3n) is 4.71. The van der Waals surface area contributed by atoms with Gasteiger partial charge >= 0.3 is 5.97 Å². The molecule has 0 aromatic heterocycles. The Kier molecular flexibility index (Phi) is 10.3. The molecule has 0 heterocycles. The topological polar surface area (TPSA) is 94.8 Å². The highest BCUT2D eigenvalue weighted by atomic mass is 16.4. The van der Waals surface area contributed by atoms with Gasteiger partial charge in [0, 0.05) is 24.7 Å². The summed E-state index contributed by atoms with van der Waals surface area (Å²) in [6.07, 6.45) is 12.1. The maximum atomic E-state index is 12.1. The number of ketones is 1. The Morgan fingerprint density at radius 3 is 2.72 bits per heavy atom. The van der Waals surface area contributed by atoms with E-state index in [-0.39, 0.29) is 30.5 Å². The third-order valence-corrected chi connectivity index (χ3v) is 4.71. The van der Waals surface area contributed by atoms with E-state index in [9.17, 15) is 19.8 Å². The molecule has 3 N–H and O–H groups in total. The van der Waals surface area contributed by atoms with E-state index in [4.69, 9.17) is 5.11 Å². The number of Topliss-reactive ketones (excluding diaryl/α,β-unsaturated/α-hetero) is 1. The minimum atomic E-state index is -0.801. The zero-order valence-corrected chi connectivity index (χ0v) is 15.1. The van der Waals surface area contributed by atoms with E-state index in [0.29, 0.717) is 25.7 Å². The van der Waals surface area contributed by atoms with Crippen molar-refractivity contribution < 1.29 is 24.9 Å². The molecule has 0 aromatic carbocycles. The summed E-state index contributed by atoms with van der Waals surface area (Å²) in [6.45, 7) is 2.11. The molecule has 1 saturated carbocycles. The molecule has 1 aliphatic rings. The molecule has 0 bridgehead atoms. The molecule has 0 saturated heterocycles. The first-order valence-corrected chi connectivity index (χ1v) is 9.39. The zero-order chi connectivity index (χ0) is 18.7. The van der Waals surface area contributed by atoms with Gasteiger partial charge in [-0.05, 0) is 25.7 Å². The molecule has 1 fully saturated rings. The lowest BCUT2D eigenvalue weighted by Crippen LogP contribution is -2.18. The summed E-state index contributed by atoms with van der Waals surface area (Å²) in [5.41, 5.74) is 0. The molecular weight excluding hydrogens is 320 g/mol. The minimum absolute atomic E-state index is 0.0535. The number of aliphatic hydroxyl groups is 2. The van der Waals surface area contributed by atoms with Crippen LogP contribution in [0, 0.1) is 11.8 Å². The lowest BCUT2D eigenvalue weighted by Gasteiger charge is -2.16. The lowest BCUT2D eigenvalue weighted by molar-refractivity contribution is -0.137. The number of unbranched alkanes of at least 4 members (excludes halogenated alkanes) is 3. The Bertz CT molecular complexity index is 469. The first-order chi connectivity index (χ1) is 12.0. The van der Waals surface area contributed by atoms with Crippen LogP contribution < -0.4 is 0 Å². The van der Waals surface area contributed by atoms with Crippen molar-refractivity contribution in [3.05, 3.63) is 24.3 Å². The van der Waals surface area contributed by atoms with Gasteiger partial charge in [-0.1, -0.05) is 50.5 Å². The standard InChI is InChI=1S/C20H32O5/c1-2-3-6-9-15(21)12-13-17-16(18(22)14-19(17)23)10-7-4-5-8-11-20(24)25/h4,7,12-13,15-17,19,21,23H,2-3,5-6,8-11,14H2,1H3,(H,24,25)/b7-4?,13-12+/t15-,16+,17+,19-/m0/s1. The van der Waals surface area contributed by atoms with Crippen LogP contribution in [0.4, 0.5) is 0 Å². The smallest absolute Gasteiger partial charge is 0.303 e. The molecule has 5 heteroatoms. The predicted octanol–water partition coefficient (Wildman–Crippen LogP) is 3.25. The van der Waals surface area contributed by atoms with Crippen molar-refractivity contribution in [1.82, 2.24) is 0 Å². The number of aliphatic hydroxyl groups excluding tert-OH is 2. The van der Waals surface area contributed by atoms with Gasteiger partial charge in [-0.15, -0.1) is 0 Å². The summed E-state index contributed by atoms with van der Waals surface area (Å²) < 4.78 is 0. The SMILES string of the molecule is CCCCC[C@H](O)/C=C/[C@H]1[C@@H](O)CC(=O)[C@@H]1CC=CCCCC(=O)O. The van der Waals surface area contributed by atoms with E-state index in [1.807, 2.05) is 12.2 Å². The van der Waals surface area contributed by atoms with Crippen LogP contribution >= 0.6 is 0 Å². The molecule has 0 aliphatic heterocycles. The van der Waals surface area contributed by atoms with Crippen molar-refractivity contribution in [3.63, 3.8) is 0 Å². The van der Waals surface area contributed by atoms with Crippen molar-refractivity contribution in [2.75, 3.05) is 0 Å². The summed E-state index contributed by atoms with van der Waals surface area (Å²) in [4.78, 5) is 22.5. The highest BCUT2D eigenvalue weighted by Crippen LogP contribution is 2.33. The Balaban J connectivity index is 2.48. The molecule has 0 aromatic rings. The molecule has 1 aliphatic carbocycles. The summed E-state index contributed by atoms with van der Waals surface area (Å²) in [5, 5.41) is 28.7. The Morgan fingerprint density at radius 1 is 1.28 bits per heavy atom. The summed E-state index contributed by atoms with van der Waals surface area (Å²) in [5.74, 6) is -1.26. The molecule has 0 spiro atoms. The van der Waals surface area contributed by atoms with Gasteiger partial charge in [0.1, 0.15) is 5.78 Å². The zero-order valence-electron chi connectivity index (χ0n) is 15.1. The number of hydrogen-bond donors (Lipinski definition) is 3. The molecule has 0 unspecified atom stereocenters. The van der Waals surface area contributed by atoms with Gasteiger partial charge in [-0.25, -0.2) is 0 Å². The highest BCUT2D eigenvalue weighted by Gasteiger charge is 2.39. The van der Waals surface area contributed by atoms with Gasteiger partial charge in [0.15, 0.2) is 0 Å². The number of aliphatic carboxylic acids is 1. The van der Waals surface area contributed by atoms with E-state index in [0.717, 1.165) is 19.3 Å². The van der Waals surface area contributed by atoms with E-state index in [2.05, 4.69) is 6.92 Å². The van der Waals surface area contributed by atoms with Crippen LogP contribution in [0.2, 0.25) is 0 Å². The number of allylic oxidation sites excluding steroid dienone is 2. The van der Waals surface area contributed by atoms with E-state index < -0.39 is 18.2 Å². The number of carbonyl (C=O) groups is 2. The first-order valence-electron chi connectivity index (χ1n) is 9.39. The fourth-order valence-electron chi connectivity index (χ4n) is 3.22. The molecule has 0 radical (unpaired) electrons. The molecule has 25 heavy (non-hydrogen) atoms. The van der Waals surface area contributed by atoms with E-state index in [1.54, 1.807) is 12.2 Å². The van der Waals surface area contributed by atoms with Gasteiger partial charge in [-0.2, -0.15) is 0 Å². The monoisotopic (exact) mass is 352 g/mol. The second kappa shape index (κ2) is 12.0. The van der Waals surface area contributed by atoms with Gasteiger partial charge in [0.05, 0.1) is 12.2 Å². The Labute approximate surface area is 150 Å². The number of carbonyl (C=O) groups excluding carboxylic acids is 1. The normalized spacial score (nSPS) is 25.2. The van der Waals surface area contributed by atoms with Crippen LogP contribution in [0.15, 0.2) is 24.3 Å². The molecule has 4 atom stereocenters. The fraction of sp³-hybridized carbons (Fsp3) is 0.700. The van der Waals surface area contributed by atoms with Crippen LogP contribution in [0.25, 0.3) is 0 Å². The van der Waals surface area contributed by atoms with Crippen LogP contribution in [-0.2, 0) is 9.59 Å². The molecule has 1 rings (SSSR count). The predicted molar refractivity (Wildman–Crippen MR) is 97.1 cm³/mol. The van der Waals surface area contributed by atoms with Crippen molar-refractivity contribution in [2.24, 2.45) is 11.8 Å². The van der Waals surface area contributed by atoms with Crippen molar-refractivity contribution >= 4 is 11.8 Å². The Hall–Kier alpha value is -1.46. The van der Waals surface area contributed by atoms with Crippen LogP contribution in [0.1, 0.15) is 64.7 Å². The van der Waals surface area contributed by atoms with Crippen molar-refractivity contribution in [3.8, 4) is 0 Å². The molecule has 0 amide bonds. The summed E-state index contributed by atoms with van der Waals surface area (Å²) in [7, 11) is 0. The fourth-order valence-corrected chi connectivity index (χ4v) is 3.22. The quantitative estimate of drug-likeness (QED) is 0.370. The number of rotatable bonds is 12.